The Balaban J connectivity index is 1.40. The summed E-state index contributed by atoms with van der Waals surface area (Å²) in [7, 11) is 0. The molecule has 0 spiro atoms. The molecule has 4 rings (SSSR count). The zero-order valence-electron chi connectivity index (χ0n) is 17.3. The second-order valence-corrected chi connectivity index (χ2v) is 7.40. The molecule has 0 saturated carbocycles. The Morgan fingerprint density at radius 3 is 1.94 bits per heavy atom. The average molecular weight is 485 g/mol. The van der Waals surface area contributed by atoms with Crippen molar-refractivity contribution in [3.63, 3.8) is 0 Å². The molecule has 1 aliphatic heterocycles. The first-order valence-corrected chi connectivity index (χ1v) is 9.95. The summed E-state index contributed by atoms with van der Waals surface area (Å²) in [5, 5.41) is 14.4. The highest BCUT2D eigenvalue weighted by atomic mass is 19.4. The lowest BCUT2D eigenvalue weighted by atomic mass is 10.1. The van der Waals surface area contributed by atoms with E-state index in [2.05, 4.69) is 20.6 Å². The molecule has 1 saturated heterocycles. The number of carbonyl (C=O) groups excluding carboxylic acids is 1. The standard InChI is InChI=1S/C20H17F6N7O/c21-19(22,23)13-10-14(20(24,25)26)12-15(11-13)28-18(34)32-8-6-31(7-9-32)16-2-3-17(30-29-16)33-5-1-4-27-33/h1-5,10-12H,6-9H2,(H,28,34). The number of halogens is 6. The number of urea groups is 1. The van der Waals surface area contributed by atoms with Gasteiger partial charge in [-0.3, -0.25) is 0 Å². The Morgan fingerprint density at radius 1 is 0.853 bits per heavy atom. The smallest absolute Gasteiger partial charge is 0.352 e. The Hall–Kier alpha value is -3.84. The molecule has 0 aliphatic carbocycles. The number of hydrogen-bond donors (Lipinski definition) is 1. The molecule has 34 heavy (non-hydrogen) atoms. The highest BCUT2D eigenvalue weighted by molar-refractivity contribution is 5.89. The van der Waals surface area contributed by atoms with E-state index in [-0.39, 0.29) is 19.2 Å². The van der Waals surface area contributed by atoms with Gasteiger partial charge in [0, 0.05) is 44.3 Å². The van der Waals surface area contributed by atoms with Crippen LogP contribution in [0, 0.1) is 0 Å². The third-order valence-corrected chi connectivity index (χ3v) is 5.11. The first-order chi connectivity index (χ1) is 16.0. The Labute approximate surface area is 188 Å². The average Bonchev–Trinajstić information content (AvgIpc) is 3.33. The predicted octanol–water partition coefficient (Wildman–Crippen LogP) is 4.05. The van der Waals surface area contributed by atoms with Gasteiger partial charge < -0.3 is 15.1 Å². The highest BCUT2D eigenvalue weighted by Gasteiger charge is 2.37. The van der Waals surface area contributed by atoms with Crippen LogP contribution in [0.4, 0.5) is 42.6 Å². The summed E-state index contributed by atoms with van der Waals surface area (Å²) >= 11 is 0. The Bertz CT molecular complexity index is 1110. The number of carbonyl (C=O) groups is 1. The third kappa shape index (κ3) is 5.21. The number of aromatic nitrogens is 4. The van der Waals surface area contributed by atoms with Crippen LogP contribution in [0.1, 0.15) is 11.1 Å². The van der Waals surface area contributed by atoms with Crippen molar-refractivity contribution in [2.75, 3.05) is 36.4 Å². The molecule has 180 valence electrons. The van der Waals surface area contributed by atoms with E-state index in [0.29, 0.717) is 36.9 Å². The van der Waals surface area contributed by atoms with Crippen molar-refractivity contribution >= 4 is 17.5 Å². The van der Waals surface area contributed by atoms with E-state index in [1.165, 1.54) is 9.58 Å². The van der Waals surface area contributed by atoms with Gasteiger partial charge in [-0.15, -0.1) is 10.2 Å². The fourth-order valence-corrected chi connectivity index (χ4v) is 3.38. The first-order valence-electron chi connectivity index (χ1n) is 9.95. The van der Waals surface area contributed by atoms with E-state index in [9.17, 15) is 31.1 Å². The minimum Gasteiger partial charge on any atom is -0.352 e. The third-order valence-electron chi connectivity index (χ3n) is 5.11. The van der Waals surface area contributed by atoms with E-state index in [4.69, 9.17) is 0 Å². The lowest BCUT2D eigenvalue weighted by Crippen LogP contribution is -2.50. The van der Waals surface area contributed by atoms with E-state index < -0.39 is 35.2 Å². The second-order valence-electron chi connectivity index (χ2n) is 7.40. The number of benzene rings is 1. The number of rotatable bonds is 3. The summed E-state index contributed by atoms with van der Waals surface area (Å²) in [5.41, 5.74) is -3.59. The SMILES string of the molecule is O=C(Nc1cc(C(F)(F)F)cc(C(F)(F)F)c1)N1CCN(c2ccc(-n3cccn3)nn2)CC1. The van der Waals surface area contributed by atoms with Crippen molar-refractivity contribution in [3.8, 4) is 5.82 Å². The van der Waals surface area contributed by atoms with Crippen molar-refractivity contribution in [2.45, 2.75) is 12.4 Å². The fraction of sp³-hybridized carbons (Fsp3) is 0.300. The normalized spacial score (nSPS) is 14.9. The molecule has 0 unspecified atom stereocenters. The van der Waals surface area contributed by atoms with Crippen LogP contribution in [0.3, 0.4) is 0 Å². The highest BCUT2D eigenvalue weighted by Crippen LogP contribution is 2.37. The number of nitrogens with one attached hydrogen (secondary N) is 1. The summed E-state index contributed by atoms with van der Waals surface area (Å²) < 4.78 is 79.7. The minimum atomic E-state index is -5.00. The van der Waals surface area contributed by atoms with Gasteiger partial charge in [-0.1, -0.05) is 0 Å². The van der Waals surface area contributed by atoms with E-state index in [1.807, 2.05) is 4.90 Å². The van der Waals surface area contributed by atoms with Crippen LogP contribution in [0.25, 0.3) is 5.82 Å². The summed E-state index contributed by atoms with van der Waals surface area (Å²) in [6.07, 6.45) is -6.69. The molecule has 1 aliphatic rings. The van der Waals surface area contributed by atoms with Crippen LogP contribution in [-0.4, -0.2) is 57.1 Å². The van der Waals surface area contributed by atoms with Crippen molar-refractivity contribution in [1.29, 1.82) is 0 Å². The zero-order chi connectivity index (χ0) is 24.5. The second kappa shape index (κ2) is 8.83. The van der Waals surface area contributed by atoms with Gasteiger partial charge in [0.1, 0.15) is 0 Å². The molecule has 0 bridgehead atoms. The number of nitrogens with zero attached hydrogens (tertiary/aromatic N) is 6. The van der Waals surface area contributed by atoms with Crippen molar-refractivity contribution in [3.05, 3.63) is 59.9 Å². The number of anilines is 2. The fourth-order valence-electron chi connectivity index (χ4n) is 3.38. The molecule has 8 nitrogen and oxygen atoms in total. The largest absolute Gasteiger partial charge is 0.416 e. The molecule has 14 heteroatoms. The summed E-state index contributed by atoms with van der Waals surface area (Å²) in [4.78, 5) is 15.7. The maximum Gasteiger partial charge on any atom is 0.416 e. The van der Waals surface area contributed by atoms with Gasteiger partial charge in [0.05, 0.1) is 11.1 Å². The Morgan fingerprint density at radius 2 is 1.44 bits per heavy atom. The zero-order valence-corrected chi connectivity index (χ0v) is 17.3. The number of piperazine rings is 1. The monoisotopic (exact) mass is 485 g/mol. The summed E-state index contributed by atoms with van der Waals surface area (Å²) in [6.45, 7) is 1.05. The van der Waals surface area contributed by atoms with Gasteiger partial charge in [-0.05, 0) is 36.4 Å². The molecule has 3 heterocycles. The van der Waals surface area contributed by atoms with Crippen molar-refractivity contribution in [1.82, 2.24) is 24.9 Å². The van der Waals surface area contributed by atoms with Gasteiger partial charge >= 0.3 is 18.4 Å². The van der Waals surface area contributed by atoms with Crippen LogP contribution >= 0.6 is 0 Å². The van der Waals surface area contributed by atoms with E-state index in [1.54, 1.807) is 30.6 Å². The number of hydrogen-bond acceptors (Lipinski definition) is 5. The maximum atomic E-state index is 13.0. The molecule has 3 aromatic rings. The van der Waals surface area contributed by atoms with Crippen LogP contribution in [0.2, 0.25) is 0 Å². The van der Waals surface area contributed by atoms with E-state index in [0.717, 1.165) is 0 Å². The van der Waals surface area contributed by atoms with Crippen LogP contribution in [0.5, 0.6) is 0 Å². The molecule has 1 N–H and O–H groups in total. The van der Waals surface area contributed by atoms with Crippen LogP contribution in [0.15, 0.2) is 48.8 Å². The molecule has 0 radical (unpaired) electrons. The summed E-state index contributed by atoms with van der Waals surface area (Å²) in [5.74, 6) is 1.08. The van der Waals surface area contributed by atoms with Crippen molar-refractivity contribution < 1.29 is 31.1 Å². The quantitative estimate of drug-likeness (QED) is 0.567. The van der Waals surface area contributed by atoms with Gasteiger partial charge in [0.15, 0.2) is 11.6 Å². The number of alkyl halides is 6. The lowest BCUT2D eigenvalue weighted by Gasteiger charge is -2.35. The van der Waals surface area contributed by atoms with Gasteiger partial charge in [-0.2, -0.15) is 31.4 Å². The number of amides is 2. The molecular weight excluding hydrogens is 468 g/mol. The van der Waals surface area contributed by atoms with Crippen LogP contribution in [-0.2, 0) is 12.4 Å². The molecule has 1 aromatic carbocycles. The molecule has 2 amide bonds. The molecular formula is C20H17F6N7O. The van der Waals surface area contributed by atoms with Crippen molar-refractivity contribution in [2.24, 2.45) is 0 Å². The minimum absolute atomic E-state index is 0.00704. The molecule has 2 aromatic heterocycles. The topological polar surface area (TPSA) is 79.2 Å². The summed E-state index contributed by atoms with van der Waals surface area (Å²) in [6, 6.07) is 5.35. The molecule has 1 fully saturated rings. The lowest BCUT2D eigenvalue weighted by molar-refractivity contribution is -0.143. The van der Waals surface area contributed by atoms with Gasteiger partial charge in [0.25, 0.3) is 0 Å². The predicted molar refractivity (Wildman–Crippen MR) is 108 cm³/mol. The van der Waals surface area contributed by atoms with E-state index >= 15 is 0 Å². The Kier molecular flexibility index (Phi) is 6.06. The van der Waals surface area contributed by atoms with Gasteiger partial charge in [-0.25, -0.2) is 9.48 Å². The van der Waals surface area contributed by atoms with Gasteiger partial charge in [0.2, 0.25) is 0 Å². The van der Waals surface area contributed by atoms with Crippen LogP contribution < -0.4 is 10.2 Å². The first kappa shape index (κ1) is 23.3. The maximum absolute atomic E-state index is 13.0. The molecule has 0 atom stereocenters.